The van der Waals surface area contributed by atoms with Crippen molar-refractivity contribution in [1.29, 1.82) is 0 Å². The number of aliphatic hydroxyl groups is 1. The van der Waals surface area contributed by atoms with Crippen molar-refractivity contribution < 1.29 is 24.2 Å². The maximum Gasteiger partial charge on any atom is 0.310 e. The molecule has 2 amide bonds. The van der Waals surface area contributed by atoms with E-state index in [1.54, 1.807) is 33.7 Å². The molecule has 6 atom stereocenters. The minimum atomic E-state index is -0.850. The number of hydrogen-bond donors (Lipinski definition) is 1. The monoisotopic (exact) mass is 588 g/mol. The van der Waals surface area contributed by atoms with E-state index in [-0.39, 0.29) is 42.8 Å². The van der Waals surface area contributed by atoms with Gasteiger partial charge in [-0.15, -0.1) is 24.9 Å². The molecule has 7 nitrogen and oxygen atoms in total. The summed E-state index contributed by atoms with van der Waals surface area (Å²) in [6.07, 6.45) is 5.67. The van der Waals surface area contributed by atoms with E-state index in [4.69, 9.17) is 4.74 Å². The Hall–Kier alpha value is -3.36. The van der Waals surface area contributed by atoms with Crippen molar-refractivity contribution in [2.24, 2.45) is 11.8 Å². The average molecular weight is 589 g/mol. The number of ether oxygens (including phenoxy) is 1. The van der Waals surface area contributed by atoms with Crippen molar-refractivity contribution in [2.45, 2.75) is 61.6 Å². The van der Waals surface area contributed by atoms with Crippen molar-refractivity contribution in [3.8, 4) is 0 Å². The summed E-state index contributed by atoms with van der Waals surface area (Å²) in [5.74, 6) is -2.17. The highest BCUT2D eigenvalue weighted by Crippen LogP contribution is 2.67. The molecule has 2 aromatic rings. The number of benzene rings is 2. The number of nitrogens with zero attached hydrogens (tertiary/aromatic N) is 2. The number of amides is 2. The van der Waals surface area contributed by atoms with Gasteiger partial charge in [-0.1, -0.05) is 54.6 Å². The topological polar surface area (TPSA) is 87.2 Å². The molecule has 1 spiro atoms. The number of rotatable bonds is 12. The fraction of sp³-hybridized carbons (Fsp3) is 0.441. The smallest absolute Gasteiger partial charge is 0.310 e. The van der Waals surface area contributed by atoms with Gasteiger partial charge in [0.15, 0.2) is 0 Å². The molecule has 222 valence electrons. The summed E-state index contributed by atoms with van der Waals surface area (Å²) < 4.78 is 4.83. The van der Waals surface area contributed by atoms with Gasteiger partial charge in [0.1, 0.15) is 6.04 Å². The molecule has 2 unspecified atom stereocenters. The van der Waals surface area contributed by atoms with E-state index < -0.39 is 28.7 Å². The van der Waals surface area contributed by atoms with Gasteiger partial charge in [-0.2, -0.15) is 0 Å². The second-order valence-electron chi connectivity index (χ2n) is 11.6. The first-order valence-electron chi connectivity index (χ1n) is 14.7. The molecule has 3 fully saturated rings. The molecule has 1 N–H and O–H groups in total. The molecule has 0 aliphatic carbocycles. The molecule has 3 heterocycles. The second-order valence-corrected chi connectivity index (χ2v) is 13.2. The Kier molecular flexibility index (Phi) is 8.94. The van der Waals surface area contributed by atoms with Crippen molar-refractivity contribution in [1.82, 2.24) is 4.90 Å². The average Bonchev–Trinajstić information content (AvgIpc) is 3.64. The van der Waals surface area contributed by atoms with Crippen LogP contribution in [0.5, 0.6) is 0 Å². The molecule has 0 radical (unpaired) electrons. The Balaban J connectivity index is 1.60. The Morgan fingerprint density at radius 2 is 1.95 bits per heavy atom. The van der Waals surface area contributed by atoms with Crippen LogP contribution >= 0.6 is 11.8 Å². The van der Waals surface area contributed by atoms with Crippen LogP contribution in [0.2, 0.25) is 0 Å². The third-order valence-electron chi connectivity index (χ3n) is 8.96. The molecular formula is C34H40N2O5S. The summed E-state index contributed by atoms with van der Waals surface area (Å²) in [5.41, 5.74) is 3.69. The summed E-state index contributed by atoms with van der Waals surface area (Å²) in [7, 11) is 0. The number of carbonyl (C=O) groups excluding carboxylic acids is 3. The molecule has 3 saturated heterocycles. The van der Waals surface area contributed by atoms with Crippen LogP contribution < -0.4 is 4.90 Å². The number of esters is 1. The number of aryl methyl sites for hydroxylation is 2. The third kappa shape index (κ3) is 5.20. The molecule has 0 aromatic heterocycles. The maximum absolute atomic E-state index is 14.9. The summed E-state index contributed by atoms with van der Waals surface area (Å²) in [6.45, 7) is 11.7. The maximum atomic E-state index is 14.9. The highest BCUT2D eigenvalue weighted by atomic mass is 32.2. The zero-order valence-corrected chi connectivity index (χ0v) is 25.2. The van der Waals surface area contributed by atoms with Gasteiger partial charge in [0.05, 0.1) is 35.8 Å². The van der Waals surface area contributed by atoms with Crippen molar-refractivity contribution in [2.75, 3.05) is 24.7 Å². The zero-order chi connectivity index (χ0) is 30.0. The minimum Gasteiger partial charge on any atom is -0.465 e. The largest absolute Gasteiger partial charge is 0.465 e. The third-order valence-corrected chi connectivity index (χ3v) is 10.9. The van der Waals surface area contributed by atoms with Crippen LogP contribution in [-0.2, 0) is 25.5 Å². The summed E-state index contributed by atoms with van der Waals surface area (Å²) >= 11 is 1.60. The first-order chi connectivity index (χ1) is 20.3. The van der Waals surface area contributed by atoms with E-state index in [1.165, 1.54) is 0 Å². The van der Waals surface area contributed by atoms with Gasteiger partial charge in [0, 0.05) is 17.5 Å². The normalized spacial score (nSPS) is 26.5. The Labute approximate surface area is 252 Å². The lowest BCUT2D eigenvalue weighted by atomic mass is 9.71. The fourth-order valence-electron chi connectivity index (χ4n) is 7.10. The number of thioether (sulfide) groups is 1. The van der Waals surface area contributed by atoms with Gasteiger partial charge in [-0.3, -0.25) is 14.4 Å². The van der Waals surface area contributed by atoms with Gasteiger partial charge in [-0.25, -0.2) is 0 Å². The summed E-state index contributed by atoms with van der Waals surface area (Å²) in [6, 6.07) is 14.2. The van der Waals surface area contributed by atoms with Gasteiger partial charge in [-0.05, 0) is 62.3 Å². The fourth-order valence-corrected chi connectivity index (χ4v) is 9.29. The van der Waals surface area contributed by atoms with Gasteiger partial charge >= 0.3 is 5.97 Å². The quantitative estimate of drug-likeness (QED) is 0.221. The summed E-state index contributed by atoms with van der Waals surface area (Å²) in [4.78, 5) is 46.2. The van der Waals surface area contributed by atoms with Crippen LogP contribution in [-0.4, -0.2) is 69.6 Å². The Bertz CT molecular complexity index is 1360. The van der Waals surface area contributed by atoms with Crippen LogP contribution in [0.3, 0.4) is 0 Å². The first-order valence-corrected chi connectivity index (χ1v) is 15.6. The first kappa shape index (κ1) is 30.1. The van der Waals surface area contributed by atoms with E-state index in [0.29, 0.717) is 19.3 Å². The number of fused-ring (bicyclic) bond motifs is 1. The molecule has 42 heavy (non-hydrogen) atoms. The van der Waals surface area contributed by atoms with E-state index in [1.807, 2.05) is 62.4 Å². The SMILES string of the molecule is C=CCCOC(=O)[C@@H]1[C@@H]2CCC3(S2)C(C(=O)N(CC=C)c2cc(C)ccc2C)N([C@@H](CO)Cc2ccccc2)C(=O)[C@H]13. The number of likely N-dealkylation sites (tertiary alicyclic amines) is 1. The lowest BCUT2D eigenvalue weighted by Gasteiger charge is -2.40. The highest BCUT2D eigenvalue weighted by Gasteiger charge is 2.74. The minimum absolute atomic E-state index is 0.0945. The predicted molar refractivity (Wildman–Crippen MR) is 166 cm³/mol. The van der Waals surface area contributed by atoms with E-state index in [9.17, 15) is 19.5 Å². The summed E-state index contributed by atoms with van der Waals surface area (Å²) in [5, 5.41) is 10.6. The Morgan fingerprint density at radius 1 is 1.19 bits per heavy atom. The van der Waals surface area contributed by atoms with Crippen LogP contribution in [0.25, 0.3) is 0 Å². The lowest BCUT2D eigenvalue weighted by molar-refractivity contribution is -0.154. The Morgan fingerprint density at radius 3 is 2.64 bits per heavy atom. The van der Waals surface area contributed by atoms with Crippen molar-refractivity contribution in [3.05, 3.63) is 90.5 Å². The number of hydrogen-bond acceptors (Lipinski definition) is 6. The predicted octanol–water partition coefficient (Wildman–Crippen LogP) is 4.64. The van der Waals surface area contributed by atoms with E-state index in [2.05, 4.69) is 13.2 Å². The lowest BCUT2D eigenvalue weighted by Crippen LogP contribution is -2.58. The van der Waals surface area contributed by atoms with Crippen LogP contribution in [0, 0.1) is 25.7 Å². The number of carbonyl (C=O) groups is 3. The molecule has 8 heteroatoms. The van der Waals surface area contributed by atoms with Gasteiger partial charge < -0.3 is 19.6 Å². The van der Waals surface area contributed by atoms with Crippen LogP contribution in [0.4, 0.5) is 5.69 Å². The van der Waals surface area contributed by atoms with Crippen molar-refractivity contribution in [3.63, 3.8) is 0 Å². The highest BCUT2D eigenvalue weighted by molar-refractivity contribution is 8.02. The number of anilines is 1. The molecular weight excluding hydrogens is 548 g/mol. The van der Waals surface area contributed by atoms with E-state index in [0.717, 1.165) is 28.8 Å². The van der Waals surface area contributed by atoms with Crippen LogP contribution in [0.15, 0.2) is 73.8 Å². The zero-order valence-electron chi connectivity index (χ0n) is 24.4. The number of aliphatic hydroxyl groups excluding tert-OH is 1. The second kappa shape index (κ2) is 12.5. The molecule has 3 aliphatic heterocycles. The van der Waals surface area contributed by atoms with Crippen LogP contribution in [0.1, 0.15) is 36.0 Å². The molecule has 0 saturated carbocycles. The van der Waals surface area contributed by atoms with Gasteiger partial charge in [0.2, 0.25) is 5.91 Å². The molecule has 2 bridgehead atoms. The molecule has 5 rings (SSSR count). The molecule has 2 aromatic carbocycles. The standard InChI is InChI=1S/C34H40N2O5S/c1-5-7-18-41-33(40)28-27-15-16-34(42-27)29(28)31(38)36(25(21-37)20-24-11-9-8-10-12-24)30(34)32(39)35(17-6-2)26-19-22(3)13-14-23(26)4/h5-6,8-14,19,25,27-30,37H,1-2,7,15-18,20-21H2,3-4H3/t25-,27+,28-,29+,30?,34?/m1/s1. The van der Waals surface area contributed by atoms with Gasteiger partial charge in [0.25, 0.3) is 5.91 Å². The van der Waals surface area contributed by atoms with E-state index >= 15 is 0 Å². The molecule has 3 aliphatic rings. The van der Waals surface area contributed by atoms with Crippen molar-refractivity contribution >= 4 is 35.2 Å².